The summed E-state index contributed by atoms with van der Waals surface area (Å²) in [5, 5.41) is 15.9. The molecule has 3 heterocycles. The molecule has 5 rings (SSSR count). The van der Waals surface area contributed by atoms with Crippen molar-refractivity contribution in [3.8, 4) is 5.69 Å². The van der Waals surface area contributed by atoms with Gasteiger partial charge in [-0.3, -0.25) is 0 Å². The number of anilines is 2. The number of aryl methyl sites for hydroxylation is 2. The first-order valence-electron chi connectivity index (χ1n) is 7.74. The first-order chi connectivity index (χ1) is 11.9. The average Bonchev–Trinajstić information content (AvgIpc) is 3.32. The second kappa shape index (κ2) is 5.34. The van der Waals surface area contributed by atoms with Gasteiger partial charge in [0.25, 0.3) is 0 Å². The maximum atomic E-state index is 4.48. The van der Waals surface area contributed by atoms with Crippen molar-refractivity contribution in [2.24, 2.45) is 0 Å². The highest BCUT2D eigenvalue weighted by Gasteiger charge is 2.21. The number of hydrogen-bond acceptors (Lipinski definition) is 7. The minimum Gasteiger partial charge on any atom is -0.340 e. The lowest BCUT2D eigenvalue weighted by Crippen LogP contribution is -1.99. The summed E-state index contributed by atoms with van der Waals surface area (Å²) in [4.78, 5) is 11.4. The van der Waals surface area contributed by atoms with E-state index >= 15 is 0 Å². The standard InChI is InChI=1S/C16H13N7S/c1-3-10(7-11(4-1)23-9-19-21-22-23)20-15-14-12-5-2-6-13(12)24-16(14)18-8-17-15/h1,3-4,7-9H,2,5-6H2,(H,17,18,20). The van der Waals surface area contributed by atoms with E-state index in [1.165, 1.54) is 22.2 Å². The topological polar surface area (TPSA) is 81.4 Å². The molecule has 0 radical (unpaired) electrons. The van der Waals surface area contributed by atoms with E-state index in [1.54, 1.807) is 28.7 Å². The Morgan fingerprint density at radius 3 is 3.08 bits per heavy atom. The van der Waals surface area contributed by atoms with Crippen LogP contribution >= 0.6 is 11.3 Å². The molecule has 7 nitrogen and oxygen atoms in total. The maximum Gasteiger partial charge on any atom is 0.143 e. The van der Waals surface area contributed by atoms with Crippen molar-refractivity contribution in [1.29, 1.82) is 0 Å². The number of fused-ring (bicyclic) bond motifs is 3. The third kappa shape index (κ3) is 2.15. The van der Waals surface area contributed by atoms with E-state index < -0.39 is 0 Å². The van der Waals surface area contributed by atoms with E-state index in [1.807, 2.05) is 24.3 Å². The van der Waals surface area contributed by atoms with Crippen LogP contribution in [-0.4, -0.2) is 30.2 Å². The molecule has 24 heavy (non-hydrogen) atoms. The van der Waals surface area contributed by atoms with Crippen LogP contribution in [0.1, 0.15) is 16.9 Å². The molecule has 0 atom stereocenters. The monoisotopic (exact) mass is 335 g/mol. The van der Waals surface area contributed by atoms with Crippen LogP contribution < -0.4 is 5.32 Å². The van der Waals surface area contributed by atoms with Crippen LogP contribution in [0, 0.1) is 0 Å². The Morgan fingerprint density at radius 1 is 1.17 bits per heavy atom. The first-order valence-corrected chi connectivity index (χ1v) is 8.56. The summed E-state index contributed by atoms with van der Waals surface area (Å²) >= 11 is 1.79. The van der Waals surface area contributed by atoms with Crippen molar-refractivity contribution in [1.82, 2.24) is 30.2 Å². The van der Waals surface area contributed by atoms with E-state index in [2.05, 4.69) is 30.8 Å². The zero-order valence-electron chi connectivity index (χ0n) is 12.7. The molecule has 0 unspecified atom stereocenters. The molecule has 1 aliphatic rings. The molecule has 1 aliphatic carbocycles. The molecule has 1 aromatic carbocycles. The first kappa shape index (κ1) is 13.6. The molecule has 8 heteroatoms. The molecular formula is C16H13N7S. The van der Waals surface area contributed by atoms with Gasteiger partial charge >= 0.3 is 0 Å². The Morgan fingerprint density at radius 2 is 2.17 bits per heavy atom. The number of benzene rings is 1. The summed E-state index contributed by atoms with van der Waals surface area (Å²) in [5.74, 6) is 0.869. The van der Waals surface area contributed by atoms with Crippen molar-refractivity contribution < 1.29 is 0 Å². The summed E-state index contributed by atoms with van der Waals surface area (Å²) in [7, 11) is 0. The fourth-order valence-electron chi connectivity index (χ4n) is 3.17. The summed E-state index contributed by atoms with van der Waals surface area (Å²) in [6.45, 7) is 0. The van der Waals surface area contributed by atoms with Crippen LogP contribution in [0.15, 0.2) is 36.9 Å². The largest absolute Gasteiger partial charge is 0.340 e. The minimum absolute atomic E-state index is 0.869. The molecule has 4 aromatic rings. The van der Waals surface area contributed by atoms with Gasteiger partial charge in [0.1, 0.15) is 23.3 Å². The number of tetrazole rings is 1. The van der Waals surface area contributed by atoms with Gasteiger partial charge in [-0.25, -0.2) is 14.6 Å². The lowest BCUT2D eigenvalue weighted by atomic mass is 10.2. The van der Waals surface area contributed by atoms with Gasteiger partial charge in [0.15, 0.2) is 0 Å². The van der Waals surface area contributed by atoms with Crippen LogP contribution in [0.25, 0.3) is 15.9 Å². The predicted molar refractivity (Wildman–Crippen MR) is 91.9 cm³/mol. The van der Waals surface area contributed by atoms with E-state index in [-0.39, 0.29) is 0 Å². The van der Waals surface area contributed by atoms with Crippen molar-refractivity contribution in [2.75, 3.05) is 5.32 Å². The molecular weight excluding hydrogens is 322 g/mol. The minimum atomic E-state index is 0.869. The number of thiophene rings is 1. The molecule has 0 fully saturated rings. The van der Waals surface area contributed by atoms with Gasteiger partial charge < -0.3 is 5.32 Å². The van der Waals surface area contributed by atoms with Crippen LogP contribution in [0.4, 0.5) is 11.5 Å². The number of rotatable bonds is 3. The number of nitrogens with zero attached hydrogens (tertiary/aromatic N) is 6. The lowest BCUT2D eigenvalue weighted by Gasteiger charge is -2.09. The maximum absolute atomic E-state index is 4.48. The Labute approximate surface area is 141 Å². The second-order valence-corrected chi connectivity index (χ2v) is 6.77. The Bertz CT molecular complexity index is 1020. The predicted octanol–water partition coefficient (Wildman–Crippen LogP) is 2.90. The van der Waals surface area contributed by atoms with Crippen LogP contribution in [-0.2, 0) is 12.8 Å². The van der Waals surface area contributed by atoms with Crippen LogP contribution in [0.2, 0.25) is 0 Å². The van der Waals surface area contributed by atoms with Gasteiger partial charge in [-0.1, -0.05) is 6.07 Å². The summed E-state index contributed by atoms with van der Waals surface area (Å²) in [5.41, 5.74) is 3.25. The fraction of sp³-hybridized carbons (Fsp3) is 0.188. The molecule has 0 spiro atoms. The lowest BCUT2D eigenvalue weighted by molar-refractivity contribution is 0.789. The highest BCUT2D eigenvalue weighted by molar-refractivity contribution is 7.19. The van der Waals surface area contributed by atoms with Gasteiger partial charge in [0.2, 0.25) is 0 Å². The summed E-state index contributed by atoms with van der Waals surface area (Å²) in [6.07, 6.45) is 6.70. The van der Waals surface area contributed by atoms with E-state index in [0.717, 1.165) is 34.9 Å². The van der Waals surface area contributed by atoms with Crippen molar-refractivity contribution in [2.45, 2.75) is 19.3 Å². The summed E-state index contributed by atoms with van der Waals surface area (Å²) in [6, 6.07) is 7.93. The van der Waals surface area contributed by atoms with Crippen LogP contribution in [0.3, 0.4) is 0 Å². The number of hydrogen-bond donors (Lipinski definition) is 1. The SMILES string of the molecule is c1cc(Nc2ncnc3sc4c(c23)CCC4)cc(-n2cnnn2)c1. The molecule has 0 aliphatic heterocycles. The quantitative estimate of drug-likeness (QED) is 0.620. The third-order valence-electron chi connectivity index (χ3n) is 4.22. The van der Waals surface area contributed by atoms with Gasteiger partial charge in [-0.15, -0.1) is 16.4 Å². The van der Waals surface area contributed by atoms with Gasteiger partial charge in [-0.2, -0.15) is 0 Å². The molecule has 3 aromatic heterocycles. The molecule has 118 valence electrons. The number of nitrogens with one attached hydrogen (secondary N) is 1. The van der Waals surface area contributed by atoms with E-state index in [0.29, 0.717) is 0 Å². The van der Waals surface area contributed by atoms with Crippen molar-refractivity contribution in [3.05, 3.63) is 47.4 Å². The van der Waals surface area contributed by atoms with Gasteiger partial charge in [0.05, 0.1) is 11.1 Å². The zero-order chi connectivity index (χ0) is 15.9. The highest BCUT2D eigenvalue weighted by atomic mass is 32.1. The summed E-state index contributed by atoms with van der Waals surface area (Å²) < 4.78 is 1.63. The van der Waals surface area contributed by atoms with Crippen molar-refractivity contribution >= 4 is 33.1 Å². The van der Waals surface area contributed by atoms with E-state index in [4.69, 9.17) is 0 Å². The Hall–Kier alpha value is -2.87. The molecule has 0 saturated carbocycles. The third-order valence-corrected chi connectivity index (χ3v) is 5.42. The molecule has 0 amide bonds. The molecule has 0 bridgehead atoms. The van der Waals surface area contributed by atoms with Crippen LogP contribution in [0.5, 0.6) is 0 Å². The van der Waals surface area contributed by atoms with Crippen molar-refractivity contribution in [3.63, 3.8) is 0 Å². The van der Waals surface area contributed by atoms with Gasteiger partial charge in [0, 0.05) is 10.6 Å². The number of aromatic nitrogens is 6. The molecule has 1 N–H and O–H groups in total. The Kier molecular flexibility index (Phi) is 3.02. The smallest absolute Gasteiger partial charge is 0.143 e. The second-order valence-electron chi connectivity index (χ2n) is 5.69. The fourth-order valence-corrected chi connectivity index (χ4v) is 4.39. The molecule has 0 saturated heterocycles. The zero-order valence-corrected chi connectivity index (χ0v) is 13.5. The van der Waals surface area contributed by atoms with E-state index in [9.17, 15) is 0 Å². The normalized spacial score (nSPS) is 13.3. The highest BCUT2D eigenvalue weighted by Crippen LogP contribution is 2.39. The average molecular weight is 335 g/mol. The Balaban J connectivity index is 1.57. The van der Waals surface area contributed by atoms with Gasteiger partial charge in [-0.05, 0) is 53.5 Å².